The zero-order valence-electron chi connectivity index (χ0n) is 21.8. The summed E-state index contributed by atoms with van der Waals surface area (Å²) in [7, 11) is 3.85. The predicted molar refractivity (Wildman–Crippen MR) is 138 cm³/mol. The van der Waals surface area contributed by atoms with Crippen LogP contribution in [0.25, 0.3) is 10.9 Å². The van der Waals surface area contributed by atoms with Crippen LogP contribution in [-0.2, 0) is 6.42 Å². The molecule has 2 aromatic carbocycles. The number of para-hydroxylation sites is 1. The molecule has 0 fully saturated rings. The lowest BCUT2D eigenvalue weighted by Crippen LogP contribution is -2.48. The van der Waals surface area contributed by atoms with E-state index in [-0.39, 0.29) is 23.9 Å². The van der Waals surface area contributed by atoms with Crippen molar-refractivity contribution in [1.82, 2.24) is 20.1 Å². The first-order valence-corrected chi connectivity index (χ1v) is 12.6. The van der Waals surface area contributed by atoms with Gasteiger partial charge in [0.2, 0.25) is 0 Å². The Hall–Kier alpha value is -2.55. The number of nitrogens with zero attached hydrogens (tertiary/aromatic N) is 2. The molecule has 0 spiro atoms. The minimum Gasteiger partial charge on any atom is -0.492 e. The number of alkyl halides is 1. The lowest BCUT2D eigenvalue weighted by Gasteiger charge is -2.43. The molecule has 2 heterocycles. The molecular formula is C28H37F3N4O. The molecule has 0 amide bonds. The molecule has 8 heteroatoms. The van der Waals surface area contributed by atoms with Gasteiger partial charge in [0.15, 0.2) is 0 Å². The van der Waals surface area contributed by atoms with Crippen molar-refractivity contribution in [2.45, 2.75) is 44.9 Å². The highest BCUT2D eigenvalue weighted by atomic mass is 19.1. The van der Waals surface area contributed by atoms with Gasteiger partial charge in [-0.05, 0) is 52.9 Å². The maximum Gasteiger partial charge on any atom is 0.135 e. The number of fused-ring (bicyclic) bond motifs is 3. The summed E-state index contributed by atoms with van der Waals surface area (Å²) in [4.78, 5) is 7.34. The molecule has 4 rings (SSSR count). The monoisotopic (exact) mass is 502 g/mol. The van der Waals surface area contributed by atoms with E-state index in [1.165, 1.54) is 26.0 Å². The second kappa shape index (κ2) is 10.8. The Balaban J connectivity index is 1.69. The molecule has 1 aliphatic heterocycles. The molecule has 5 nitrogen and oxygen atoms in total. The largest absolute Gasteiger partial charge is 0.492 e. The molecule has 196 valence electrons. The van der Waals surface area contributed by atoms with E-state index in [1.807, 2.05) is 50.2 Å². The molecule has 1 unspecified atom stereocenters. The fraction of sp³-hybridized carbons (Fsp3) is 0.500. The van der Waals surface area contributed by atoms with Crippen LogP contribution >= 0.6 is 0 Å². The van der Waals surface area contributed by atoms with Crippen LogP contribution in [0.4, 0.5) is 13.2 Å². The highest BCUT2D eigenvalue weighted by Crippen LogP contribution is 2.43. The standard InChI is InChI=1S/C28H37F3N4O/c1-18-14-21-20-8-6-7-9-24(20)33-26(21)27(35(18)17-28(2,3)31)25-22(29)15-19(16-23(25)30)36-13-12-34(5)11-10-32-4/h6-9,15-16,18,27,32-33H,10-14,17H2,1-5H3/t18-,27?/m1/s1. The maximum absolute atomic E-state index is 15.7. The van der Waals surface area contributed by atoms with Crippen LogP contribution in [-0.4, -0.2) is 73.4 Å². The van der Waals surface area contributed by atoms with E-state index in [0.29, 0.717) is 19.6 Å². The minimum atomic E-state index is -1.54. The van der Waals surface area contributed by atoms with Gasteiger partial charge in [-0.25, -0.2) is 13.2 Å². The van der Waals surface area contributed by atoms with Crippen LogP contribution in [0.1, 0.15) is 43.6 Å². The number of hydrogen-bond acceptors (Lipinski definition) is 4. The molecule has 0 aliphatic carbocycles. The van der Waals surface area contributed by atoms with E-state index in [2.05, 4.69) is 15.2 Å². The number of benzene rings is 2. The summed E-state index contributed by atoms with van der Waals surface area (Å²) in [5.74, 6) is -1.24. The zero-order valence-corrected chi connectivity index (χ0v) is 21.8. The number of nitrogens with one attached hydrogen (secondary N) is 2. The van der Waals surface area contributed by atoms with Gasteiger partial charge in [0.05, 0.1) is 6.04 Å². The molecule has 0 radical (unpaired) electrons. The first-order chi connectivity index (χ1) is 17.1. The van der Waals surface area contributed by atoms with E-state index in [9.17, 15) is 4.39 Å². The molecule has 0 saturated heterocycles. The van der Waals surface area contributed by atoms with Crippen LogP contribution < -0.4 is 10.1 Å². The van der Waals surface area contributed by atoms with Crippen LogP contribution in [0, 0.1) is 11.6 Å². The summed E-state index contributed by atoms with van der Waals surface area (Å²) in [5.41, 5.74) is 1.03. The molecule has 0 saturated carbocycles. The number of H-pyrrole nitrogens is 1. The van der Waals surface area contributed by atoms with Gasteiger partial charge in [0.1, 0.15) is 29.7 Å². The Bertz CT molecular complexity index is 1170. The third-order valence-electron chi connectivity index (χ3n) is 6.89. The summed E-state index contributed by atoms with van der Waals surface area (Å²) >= 11 is 0. The quantitative estimate of drug-likeness (QED) is 0.407. The summed E-state index contributed by atoms with van der Waals surface area (Å²) in [6.07, 6.45) is 0.664. The molecular weight excluding hydrogens is 465 g/mol. The lowest BCUT2D eigenvalue weighted by molar-refractivity contribution is 0.0642. The van der Waals surface area contributed by atoms with Crippen LogP contribution in [0.15, 0.2) is 36.4 Å². The highest BCUT2D eigenvalue weighted by Gasteiger charge is 2.41. The number of ether oxygens (including phenoxy) is 1. The number of rotatable bonds is 10. The summed E-state index contributed by atoms with van der Waals surface area (Å²) in [6, 6.07) is 9.44. The number of aromatic nitrogens is 1. The topological polar surface area (TPSA) is 43.5 Å². The normalized spacial score (nSPS) is 18.7. The first kappa shape index (κ1) is 26.5. The molecule has 2 N–H and O–H groups in total. The zero-order chi connectivity index (χ0) is 26.0. The van der Waals surface area contributed by atoms with Gasteiger partial charge in [-0.1, -0.05) is 18.2 Å². The van der Waals surface area contributed by atoms with Gasteiger partial charge in [0.25, 0.3) is 0 Å². The molecule has 36 heavy (non-hydrogen) atoms. The lowest BCUT2D eigenvalue weighted by atomic mass is 9.87. The third kappa shape index (κ3) is 5.71. The first-order valence-electron chi connectivity index (χ1n) is 12.6. The number of hydrogen-bond donors (Lipinski definition) is 2. The Morgan fingerprint density at radius 1 is 1.17 bits per heavy atom. The van der Waals surface area contributed by atoms with Crippen molar-refractivity contribution in [2.24, 2.45) is 0 Å². The summed E-state index contributed by atoms with van der Waals surface area (Å²) in [5, 5.41) is 4.12. The molecule has 1 aromatic heterocycles. The average molecular weight is 503 g/mol. The SMILES string of the molecule is CNCCN(C)CCOc1cc(F)c(C2c3[nH]c4ccccc4c3C[C@@H](C)N2CC(C)(C)F)c(F)c1. The van der Waals surface area contributed by atoms with Crippen LogP contribution in [0.2, 0.25) is 0 Å². The fourth-order valence-electron chi connectivity index (χ4n) is 5.14. The molecule has 1 aliphatic rings. The maximum atomic E-state index is 15.7. The average Bonchev–Trinajstić information content (AvgIpc) is 3.16. The minimum absolute atomic E-state index is 0.0454. The van der Waals surface area contributed by atoms with Crippen molar-refractivity contribution < 1.29 is 17.9 Å². The third-order valence-corrected chi connectivity index (χ3v) is 6.89. The van der Waals surface area contributed by atoms with Crippen molar-refractivity contribution in [3.63, 3.8) is 0 Å². The van der Waals surface area contributed by atoms with E-state index in [0.717, 1.165) is 35.2 Å². The Morgan fingerprint density at radius 3 is 2.53 bits per heavy atom. The highest BCUT2D eigenvalue weighted by molar-refractivity contribution is 5.85. The summed E-state index contributed by atoms with van der Waals surface area (Å²) < 4.78 is 51.9. The van der Waals surface area contributed by atoms with Crippen molar-refractivity contribution in [2.75, 3.05) is 46.9 Å². The van der Waals surface area contributed by atoms with E-state index in [4.69, 9.17) is 4.74 Å². The Labute approximate surface area is 211 Å². The van der Waals surface area contributed by atoms with Gasteiger partial charge >= 0.3 is 0 Å². The van der Waals surface area contributed by atoms with E-state index in [1.54, 1.807) is 0 Å². The van der Waals surface area contributed by atoms with E-state index >= 15 is 8.78 Å². The molecule has 0 bridgehead atoms. The number of aromatic amines is 1. The van der Waals surface area contributed by atoms with E-state index < -0.39 is 23.3 Å². The number of likely N-dealkylation sites (N-methyl/N-ethyl adjacent to an activating group) is 2. The van der Waals surface area contributed by atoms with Crippen molar-refractivity contribution >= 4 is 10.9 Å². The van der Waals surface area contributed by atoms with Crippen LogP contribution in [0.5, 0.6) is 5.75 Å². The smallest absolute Gasteiger partial charge is 0.135 e. The Morgan fingerprint density at radius 2 is 1.86 bits per heavy atom. The number of halogens is 3. The fourth-order valence-corrected chi connectivity index (χ4v) is 5.14. The molecule has 2 atom stereocenters. The predicted octanol–water partition coefficient (Wildman–Crippen LogP) is 5.06. The summed E-state index contributed by atoms with van der Waals surface area (Å²) in [6.45, 7) is 7.65. The van der Waals surface area contributed by atoms with Gasteiger partial charge in [0, 0.05) is 66.5 Å². The van der Waals surface area contributed by atoms with Crippen LogP contribution in [0.3, 0.4) is 0 Å². The van der Waals surface area contributed by atoms with Gasteiger partial charge in [-0.3, -0.25) is 4.90 Å². The molecule has 3 aromatic rings. The van der Waals surface area contributed by atoms with Gasteiger partial charge < -0.3 is 19.9 Å². The van der Waals surface area contributed by atoms with Crippen molar-refractivity contribution in [1.29, 1.82) is 0 Å². The second-order valence-corrected chi connectivity index (χ2v) is 10.5. The van der Waals surface area contributed by atoms with Crippen molar-refractivity contribution in [3.05, 3.63) is 64.9 Å². The van der Waals surface area contributed by atoms with Gasteiger partial charge in [-0.2, -0.15) is 0 Å². The Kier molecular flexibility index (Phi) is 7.97. The van der Waals surface area contributed by atoms with Gasteiger partial charge in [-0.15, -0.1) is 0 Å². The van der Waals surface area contributed by atoms with Crippen molar-refractivity contribution in [3.8, 4) is 5.75 Å². The second-order valence-electron chi connectivity index (χ2n) is 10.5.